The summed E-state index contributed by atoms with van der Waals surface area (Å²) in [6.07, 6.45) is 1.84. The van der Waals surface area contributed by atoms with E-state index in [1.807, 2.05) is 20.2 Å². The summed E-state index contributed by atoms with van der Waals surface area (Å²) in [7, 11) is 1.85. The number of rotatable bonds is 2. The maximum atomic E-state index is 5.84. The Kier molecular flexibility index (Phi) is 2.48. The number of nitrogens with zero attached hydrogens (tertiary/aromatic N) is 4. The number of hydrogen-bond acceptors (Lipinski definition) is 4. The molecule has 0 aliphatic heterocycles. The van der Waals surface area contributed by atoms with Crippen LogP contribution in [0.2, 0.25) is 0 Å². The molecule has 2 aromatic heterocycles. The number of aryl methyl sites for hydroxylation is 2. The van der Waals surface area contributed by atoms with Crippen LogP contribution in [0.25, 0.3) is 11.5 Å². The van der Waals surface area contributed by atoms with Crippen molar-refractivity contribution in [3.05, 3.63) is 17.7 Å². The zero-order chi connectivity index (χ0) is 11.0. The van der Waals surface area contributed by atoms with E-state index in [1.165, 1.54) is 0 Å². The van der Waals surface area contributed by atoms with E-state index in [1.54, 1.807) is 11.6 Å². The predicted molar refractivity (Wildman–Crippen MR) is 55.5 cm³/mol. The first-order chi connectivity index (χ1) is 7.08. The molecule has 0 amide bonds. The van der Waals surface area contributed by atoms with Crippen molar-refractivity contribution >= 4 is 11.6 Å². The van der Waals surface area contributed by atoms with Gasteiger partial charge in [0.1, 0.15) is 0 Å². The third-order valence-electron chi connectivity index (χ3n) is 2.04. The molecule has 0 fully saturated rings. The average Bonchev–Trinajstić information content (AvgIpc) is 2.71. The molecule has 0 bridgehead atoms. The standard InChI is InChI=1S/C9H11ClN4O/c1-5(10)8-11-9(15-13-8)7-4-14(3)12-6(7)2/h4-5H,1-3H3. The predicted octanol–water partition coefficient (Wildman–Crippen LogP) is 2.08. The molecule has 0 aliphatic rings. The Morgan fingerprint density at radius 1 is 1.53 bits per heavy atom. The van der Waals surface area contributed by atoms with Crippen molar-refractivity contribution in [1.82, 2.24) is 19.9 Å². The minimum atomic E-state index is -0.250. The summed E-state index contributed by atoms with van der Waals surface area (Å²) in [6, 6.07) is 0. The fourth-order valence-electron chi connectivity index (χ4n) is 1.32. The lowest BCUT2D eigenvalue weighted by molar-refractivity contribution is 0.422. The van der Waals surface area contributed by atoms with Crippen molar-refractivity contribution in [3.63, 3.8) is 0 Å². The first-order valence-electron chi connectivity index (χ1n) is 4.56. The average molecular weight is 227 g/mol. The highest BCUT2D eigenvalue weighted by Crippen LogP contribution is 2.23. The minimum Gasteiger partial charge on any atom is -0.334 e. The van der Waals surface area contributed by atoms with Crippen molar-refractivity contribution in [1.29, 1.82) is 0 Å². The van der Waals surface area contributed by atoms with Crippen LogP contribution in [0.5, 0.6) is 0 Å². The van der Waals surface area contributed by atoms with Crippen molar-refractivity contribution in [2.45, 2.75) is 19.2 Å². The van der Waals surface area contributed by atoms with Crippen molar-refractivity contribution in [2.75, 3.05) is 0 Å². The van der Waals surface area contributed by atoms with Crippen LogP contribution in [0.3, 0.4) is 0 Å². The molecule has 0 aliphatic carbocycles. The first-order valence-corrected chi connectivity index (χ1v) is 5.00. The van der Waals surface area contributed by atoms with E-state index in [0.29, 0.717) is 11.7 Å². The van der Waals surface area contributed by atoms with Crippen LogP contribution in [0.4, 0.5) is 0 Å². The Morgan fingerprint density at radius 2 is 2.27 bits per heavy atom. The van der Waals surface area contributed by atoms with Gasteiger partial charge in [-0.25, -0.2) is 0 Å². The molecule has 0 saturated carbocycles. The SMILES string of the molecule is Cc1nn(C)cc1-c1nc(C(C)Cl)no1. The highest BCUT2D eigenvalue weighted by molar-refractivity contribution is 6.20. The lowest BCUT2D eigenvalue weighted by Gasteiger charge is -1.90. The van der Waals surface area contributed by atoms with Gasteiger partial charge in [0.25, 0.3) is 5.89 Å². The van der Waals surface area contributed by atoms with Gasteiger partial charge in [0, 0.05) is 13.2 Å². The summed E-state index contributed by atoms with van der Waals surface area (Å²) in [6.45, 7) is 3.69. The topological polar surface area (TPSA) is 56.7 Å². The van der Waals surface area contributed by atoms with E-state index in [-0.39, 0.29) is 5.38 Å². The second-order valence-corrected chi connectivity index (χ2v) is 4.03. The van der Waals surface area contributed by atoms with Crippen LogP contribution in [-0.2, 0) is 7.05 Å². The van der Waals surface area contributed by atoms with Crippen molar-refractivity contribution in [2.24, 2.45) is 7.05 Å². The normalized spacial score (nSPS) is 13.1. The summed E-state index contributed by atoms with van der Waals surface area (Å²) in [4.78, 5) is 4.19. The van der Waals surface area contributed by atoms with Gasteiger partial charge in [-0.05, 0) is 13.8 Å². The fourth-order valence-corrected chi connectivity index (χ4v) is 1.40. The number of hydrogen-bond donors (Lipinski definition) is 0. The summed E-state index contributed by atoms with van der Waals surface area (Å²) in [5.41, 5.74) is 1.70. The highest BCUT2D eigenvalue weighted by atomic mass is 35.5. The van der Waals surface area contributed by atoms with Gasteiger partial charge in [-0.2, -0.15) is 10.1 Å². The summed E-state index contributed by atoms with van der Waals surface area (Å²) in [5.74, 6) is 0.956. The van der Waals surface area contributed by atoms with E-state index in [2.05, 4.69) is 15.2 Å². The fraction of sp³-hybridized carbons (Fsp3) is 0.444. The molecule has 2 heterocycles. The molecule has 1 atom stereocenters. The number of alkyl halides is 1. The minimum absolute atomic E-state index is 0.250. The van der Waals surface area contributed by atoms with Gasteiger partial charge in [0.05, 0.1) is 16.6 Å². The van der Waals surface area contributed by atoms with Crippen LogP contribution < -0.4 is 0 Å². The highest BCUT2D eigenvalue weighted by Gasteiger charge is 2.15. The Morgan fingerprint density at radius 3 is 2.73 bits per heavy atom. The maximum absolute atomic E-state index is 5.84. The van der Waals surface area contributed by atoms with Crippen molar-refractivity contribution in [3.8, 4) is 11.5 Å². The molecular weight excluding hydrogens is 216 g/mol. The third-order valence-corrected chi connectivity index (χ3v) is 2.24. The smallest absolute Gasteiger partial charge is 0.261 e. The van der Waals surface area contributed by atoms with E-state index in [4.69, 9.17) is 16.1 Å². The second kappa shape index (κ2) is 3.66. The molecule has 0 radical (unpaired) electrons. The van der Waals surface area contributed by atoms with Gasteiger partial charge in [0.2, 0.25) is 0 Å². The molecule has 0 spiro atoms. The molecule has 0 aromatic carbocycles. The second-order valence-electron chi connectivity index (χ2n) is 3.38. The van der Waals surface area contributed by atoms with E-state index >= 15 is 0 Å². The largest absolute Gasteiger partial charge is 0.334 e. The molecule has 15 heavy (non-hydrogen) atoms. The van der Waals surface area contributed by atoms with Crippen LogP contribution >= 0.6 is 11.6 Å². The summed E-state index contributed by atoms with van der Waals surface area (Å²) < 4.78 is 6.81. The van der Waals surface area contributed by atoms with Crippen LogP contribution in [0, 0.1) is 6.92 Å². The summed E-state index contributed by atoms with van der Waals surface area (Å²) in [5, 5.41) is 7.73. The Labute approximate surface area is 92.0 Å². The molecule has 6 heteroatoms. The van der Waals surface area contributed by atoms with E-state index in [0.717, 1.165) is 11.3 Å². The maximum Gasteiger partial charge on any atom is 0.261 e. The molecule has 80 valence electrons. The number of halogens is 1. The Hall–Kier alpha value is -1.36. The monoisotopic (exact) mass is 226 g/mol. The molecule has 5 nitrogen and oxygen atoms in total. The zero-order valence-electron chi connectivity index (χ0n) is 8.73. The molecular formula is C9H11ClN4O. The quantitative estimate of drug-likeness (QED) is 0.736. The summed E-state index contributed by atoms with van der Waals surface area (Å²) >= 11 is 5.84. The van der Waals surface area contributed by atoms with Crippen LogP contribution in [0.15, 0.2) is 10.7 Å². The first kappa shape index (κ1) is 10.2. The lowest BCUT2D eigenvalue weighted by atomic mass is 10.3. The van der Waals surface area contributed by atoms with Gasteiger partial charge in [-0.15, -0.1) is 11.6 Å². The van der Waals surface area contributed by atoms with Crippen molar-refractivity contribution < 1.29 is 4.52 Å². The van der Waals surface area contributed by atoms with Crippen LogP contribution in [-0.4, -0.2) is 19.9 Å². The third kappa shape index (κ3) is 1.87. The lowest BCUT2D eigenvalue weighted by Crippen LogP contribution is -1.86. The Balaban J connectivity index is 2.41. The van der Waals surface area contributed by atoms with Gasteiger partial charge < -0.3 is 4.52 Å². The van der Waals surface area contributed by atoms with Gasteiger partial charge in [-0.1, -0.05) is 5.16 Å². The van der Waals surface area contributed by atoms with E-state index < -0.39 is 0 Å². The van der Waals surface area contributed by atoms with Gasteiger partial charge >= 0.3 is 0 Å². The van der Waals surface area contributed by atoms with Gasteiger partial charge in [0.15, 0.2) is 5.82 Å². The van der Waals surface area contributed by atoms with Crippen LogP contribution in [0.1, 0.15) is 23.8 Å². The Bertz CT molecular complexity index is 474. The molecule has 2 rings (SSSR count). The van der Waals surface area contributed by atoms with E-state index in [9.17, 15) is 0 Å². The van der Waals surface area contributed by atoms with Gasteiger partial charge in [-0.3, -0.25) is 4.68 Å². The molecule has 0 N–H and O–H groups in total. The molecule has 0 saturated heterocycles. The molecule has 2 aromatic rings. The zero-order valence-corrected chi connectivity index (χ0v) is 9.49. The number of aromatic nitrogens is 4. The molecule has 1 unspecified atom stereocenters.